The summed E-state index contributed by atoms with van der Waals surface area (Å²) in [5, 5.41) is 11.8. The third-order valence-electron chi connectivity index (χ3n) is 2.35. The molecule has 1 aliphatic rings. The molecule has 1 aromatic rings. The van der Waals surface area contributed by atoms with E-state index in [-0.39, 0.29) is 0 Å². The lowest BCUT2D eigenvalue weighted by molar-refractivity contribution is 0.727. The van der Waals surface area contributed by atoms with Crippen LogP contribution in [0, 0.1) is 0 Å². The van der Waals surface area contributed by atoms with Crippen LogP contribution in [-0.4, -0.2) is 27.6 Å². The van der Waals surface area contributed by atoms with Gasteiger partial charge in [-0.2, -0.15) is 11.8 Å². The SMILES string of the molecule is CNc1nnc(C2CCCS2)n1C. The molecule has 2 heterocycles. The molecule has 1 aromatic heterocycles. The summed E-state index contributed by atoms with van der Waals surface area (Å²) in [5.41, 5.74) is 0. The number of anilines is 1. The molecule has 0 aliphatic carbocycles. The highest BCUT2D eigenvalue weighted by atomic mass is 32.2. The normalized spacial score (nSPS) is 22.2. The van der Waals surface area contributed by atoms with Crippen LogP contribution in [0.15, 0.2) is 0 Å². The highest BCUT2D eigenvalue weighted by molar-refractivity contribution is 7.99. The lowest BCUT2D eigenvalue weighted by Gasteiger charge is -2.07. The first-order chi connectivity index (χ1) is 6.33. The van der Waals surface area contributed by atoms with E-state index < -0.39 is 0 Å². The third-order valence-corrected chi connectivity index (χ3v) is 3.72. The van der Waals surface area contributed by atoms with E-state index in [1.807, 2.05) is 30.4 Å². The average Bonchev–Trinajstić information content (AvgIpc) is 2.72. The molecule has 4 nitrogen and oxygen atoms in total. The van der Waals surface area contributed by atoms with Gasteiger partial charge in [0.05, 0.1) is 5.25 Å². The summed E-state index contributed by atoms with van der Waals surface area (Å²) >= 11 is 1.98. The van der Waals surface area contributed by atoms with E-state index in [4.69, 9.17) is 0 Å². The Kier molecular flexibility index (Phi) is 2.44. The molecule has 0 radical (unpaired) electrons. The molecule has 1 fully saturated rings. The van der Waals surface area contributed by atoms with Gasteiger partial charge in [0.1, 0.15) is 5.82 Å². The fraction of sp³-hybridized carbons (Fsp3) is 0.750. The minimum absolute atomic E-state index is 0.555. The van der Waals surface area contributed by atoms with E-state index in [9.17, 15) is 0 Å². The van der Waals surface area contributed by atoms with Crippen LogP contribution >= 0.6 is 11.8 Å². The van der Waals surface area contributed by atoms with Crippen LogP contribution in [0.2, 0.25) is 0 Å². The van der Waals surface area contributed by atoms with E-state index in [0.29, 0.717) is 5.25 Å². The minimum Gasteiger partial charge on any atom is -0.357 e. The molecular formula is C8H14N4S. The fourth-order valence-corrected chi connectivity index (χ4v) is 2.93. The second-order valence-corrected chi connectivity index (χ2v) is 4.50. The molecule has 5 heteroatoms. The Morgan fingerprint density at radius 3 is 2.92 bits per heavy atom. The van der Waals surface area contributed by atoms with Gasteiger partial charge in [0.2, 0.25) is 5.95 Å². The van der Waals surface area contributed by atoms with Crippen LogP contribution in [-0.2, 0) is 7.05 Å². The van der Waals surface area contributed by atoms with Crippen LogP contribution in [0.4, 0.5) is 5.95 Å². The highest BCUT2D eigenvalue weighted by Crippen LogP contribution is 2.38. The molecule has 0 spiro atoms. The molecule has 1 unspecified atom stereocenters. The van der Waals surface area contributed by atoms with Gasteiger partial charge in [0.15, 0.2) is 0 Å². The molecule has 0 amide bonds. The smallest absolute Gasteiger partial charge is 0.224 e. The van der Waals surface area contributed by atoms with Crippen molar-refractivity contribution in [2.45, 2.75) is 18.1 Å². The zero-order chi connectivity index (χ0) is 9.26. The van der Waals surface area contributed by atoms with Crippen molar-refractivity contribution < 1.29 is 0 Å². The van der Waals surface area contributed by atoms with Crippen molar-refractivity contribution in [3.63, 3.8) is 0 Å². The number of nitrogens with zero attached hydrogens (tertiary/aromatic N) is 3. The number of thioether (sulfide) groups is 1. The van der Waals surface area contributed by atoms with Gasteiger partial charge in [-0.15, -0.1) is 10.2 Å². The van der Waals surface area contributed by atoms with Crippen molar-refractivity contribution in [3.05, 3.63) is 5.82 Å². The molecule has 0 saturated carbocycles. The number of hydrogen-bond donors (Lipinski definition) is 1. The van der Waals surface area contributed by atoms with Crippen molar-refractivity contribution in [1.82, 2.24) is 14.8 Å². The van der Waals surface area contributed by atoms with Gasteiger partial charge in [0.25, 0.3) is 0 Å². The number of aromatic nitrogens is 3. The predicted molar refractivity (Wildman–Crippen MR) is 55.0 cm³/mol. The molecule has 2 rings (SSSR count). The van der Waals surface area contributed by atoms with E-state index in [2.05, 4.69) is 15.5 Å². The Balaban J connectivity index is 2.24. The Hall–Kier alpha value is -0.710. The molecule has 1 atom stereocenters. The van der Waals surface area contributed by atoms with Gasteiger partial charge < -0.3 is 5.32 Å². The molecule has 72 valence electrons. The summed E-state index contributed by atoms with van der Waals surface area (Å²) < 4.78 is 2.04. The second kappa shape index (κ2) is 3.57. The number of nitrogens with one attached hydrogen (secondary N) is 1. The van der Waals surface area contributed by atoms with E-state index in [1.165, 1.54) is 18.6 Å². The first-order valence-corrected chi connectivity index (χ1v) is 5.56. The zero-order valence-electron chi connectivity index (χ0n) is 7.95. The van der Waals surface area contributed by atoms with E-state index in [0.717, 1.165) is 11.8 Å². The third kappa shape index (κ3) is 1.52. The summed E-state index contributed by atoms with van der Waals surface area (Å²) in [6.45, 7) is 0. The van der Waals surface area contributed by atoms with Gasteiger partial charge >= 0.3 is 0 Å². The van der Waals surface area contributed by atoms with Crippen molar-refractivity contribution in [1.29, 1.82) is 0 Å². The summed E-state index contributed by atoms with van der Waals surface area (Å²) in [6, 6.07) is 0. The first kappa shape index (κ1) is 8.87. The Bertz CT molecular complexity index is 290. The van der Waals surface area contributed by atoms with E-state index in [1.54, 1.807) is 0 Å². The molecule has 1 N–H and O–H groups in total. The fourth-order valence-electron chi connectivity index (χ4n) is 1.62. The Labute approximate surface area is 82.1 Å². The van der Waals surface area contributed by atoms with Gasteiger partial charge in [-0.1, -0.05) is 0 Å². The van der Waals surface area contributed by atoms with Crippen molar-refractivity contribution >= 4 is 17.7 Å². The summed E-state index contributed by atoms with van der Waals surface area (Å²) in [7, 11) is 3.88. The molecule has 13 heavy (non-hydrogen) atoms. The summed E-state index contributed by atoms with van der Waals surface area (Å²) in [5.74, 6) is 3.21. The van der Waals surface area contributed by atoms with Crippen LogP contribution in [0.1, 0.15) is 23.9 Å². The molecular weight excluding hydrogens is 184 g/mol. The summed E-state index contributed by atoms with van der Waals surface area (Å²) in [6.07, 6.45) is 2.54. The maximum absolute atomic E-state index is 4.20. The topological polar surface area (TPSA) is 42.7 Å². The molecule has 1 aliphatic heterocycles. The van der Waals surface area contributed by atoms with Crippen molar-refractivity contribution in [2.24, 2.45) is 7.05 Å². The molecule has 0 bridgehead atoms. The lowest BCUT2D eigenvalue weighted by atomic mass is 10.2. The highest BCUT2D eigenvalue weighted by Gasteiger charge is 2.23. The molecule has 1 saturated heterocycles. The number of hydrogen-bond acceptors (Lipinski definition) is 4. The Morgan fingerprint density at radius 1 is 1.54 bits per heavy atom. The zero-order valence-corrected chi connectivity index (χ0v) is 8.77. The predicted octanol–water partition coefficient (Wildman–Crippen LogP) is 1.42. The van der Waals surface area contributed by atoms with Crippen LogP contribution in [0.5, 0.6) is 0 Å². The maximum Gasteiger partial charge on any atom is 0.224 e. The van der Waals surface area contributed by atoms with Crippen LogP contribution in [0.25, 0.3) is 0 Å². The second-order valence-electron chi connectivity index (χ2n) is 3.19. The van der Waals surface area contributed by atoms with Gasteiger partial charge in [-0.3, -0.25) is 4.57 Å². The van der Waals surface area contributed by atoms with E-state index >= 15 is 0 Å². The van der Waals surface area contributed by atoms with Gasteiger partial charge in [-0.05, 0) is 18.6 Å². The quantitative estimate of drug-likeness (QED) is 0.780. The van der Waals surface area contributed by atoms with Crippen molar-refractivity contribution in [3.8, 4) is 0 Å². The largest absolute Gasteiger partial charge is 0.357 e. The van der Waals surface area contributed by atoms with Gasteiger partial charge in [-0.25, -0.2) is 0 Å². The monoisotopic (exact) mass is 198 g/mol. The standard InChI is InChI=1S/C8H14N4S/c1-9-8-11-10-7(12(8)2)6-4-3-5-13-6/h6H,3-5H2,1-2H3,(H,9,11). The lowest BCUT2D eigenvalue weighted by Crippen LogP contribution is -2.03. The van der Waals surface area contributed by atoms with Crippen LogP contribution in [0.3, 0.4) is 0 Å². The van der Waals surface area contributed by atoms with Crippen LogP contribution < -0.4 is 5.32 Å². The molecule has 0 aromatic carbocycles. The summed E-state index contributed by atoms with van der Waals surface area (Å²) in [4.78, 5) is 0. The average molecular weight is 198 g/mol. The maximum atomic E-state index is 4.20. The van der Waals surface area contributed by atoms with Crippen molar-refractivity contribution in [2.75, 3.05) is 18.1 Å². The Morgan fingerprint density at radius 2 is 2.38 bits per heavy atom. The minimum atomic E-state index is 0.555. The first-order valence-electron chi connectivity index (χ1n) is 4.51. The van der Waals surface area contributed by atoms with Gasteiger partial charge in [0, 0.05) is 14.1 Å². The number of rotatable bonds is 2.